The highest BCUT2D eigenvalue weighted by Gasteiger charge is 2.39. The van der Waals surface area contributed by atoms with Gasteiger partial charge in [-0.2, -0.15) is 0 Å². The molecule has 1 rings (SSSR count). The molecule has 0 heterocycles. The molecular weight excluding hydrogens is 242 g/mol. The van der Waals surface area contributed by atoms with Crippen molar-refractivity contribution in [2.75, 3.05) is 6.61 Å². The van der Waals surface area contributed by atoms with E-state index in [0.29, 0.717) is 5.56 Å². The number of aliphatic hydroxyl groups is 1. The van der Waals surface area contributed by atoms with Crippen LogP contribution in [0.5, 0.6) is 0 Å². The number of esters is 1. The number of alkyl halides is 1. The maximum atomic E-state index is 13.7. The first-order chi connectivity index (χ1) is 8.36. The molecule has 100 valence electrons. The molecular formula is C13H16F2O3. The van der Waals surface area contributed by atoms with Crippen molar-refractivity contribution in [1.29, 1.82) is 0 Å². The Kier molecular flexibility index (Phi) is 4.78. The molecule has 0 saturated carbocycles. The Morgan fingerprint density at radius 1 is 1.44 bits per heavy atom. The second kappa shape index (κ2) is 5.91. The van der Waals surface area contributed by atoms with Crippen LogP contribution in [0.4, 0.5) is 8.78 Å². The van der Waals surface area contributed by atoms with E-state index in [-0.39, 0.29) is 13.0 Å². The summed E-state index contributed by atoms with van der Waals surface area (Å²) < 4.78 is 30.9. The molecule has 0 bridgehead atoms. The van der Waals surface area contributed by atoms with Gasteiger partial charge in [-0.05, 0) is 31.5 Å². The SMILES string of the molecule is CCOC(=O)C(F)C(C)(O)Cc1ccc(F)cc1. The molecule has 0 fully saturated rings. The Balaban J connectivity index is 2.74. The Labute approximate surface area is 104 Å². The monoisotopic (exact) mass is 258 g/mol. The lowest BCUT2D eigenvalue weighted by molar-refractivity contribution is -0.159. The minimum absolute atomic E-state index is 0.0475. The summed E-state index contributed by atoms with van der Waals surface area (Å²) in [5.74, 6) is -1.51. The molecule has 1 aromatic carbocycles. The third kappa shape index (κ3) is 3.77. The van der Waals surface area contributed by atoms with Crippen LogP contribution in [0.2, 0.25) is 0 Å². The maximum absolute atomic E-state index is 13.7. The van der Waals surface area contributed by atoms with Crippen molar-refractivity contribution in [3.63, 3.8) is 0 Å². The lowest BCUT2D eigenvalue weighted by atomic mass is 9.92. The fourth-order valence-electron chi connectivity index (χ4n) is 1.57. The lowest BCUT2D eigenvalue weighted by Gasteiger charge is -2.25. The minimum atomic E-state index is -2.14. The van der Waals surface area contributed by atoms with E-state index in [0.717, 1.165) is 0 Å². The largest absolute Gasteiger partial charge is 0.464 e. The van der Waals surface area contributed by atoms with E-state index in [9.17, 15) is 18.7 Å². The van der Waals surface area contributed by atoms with Crippen LogP contribution in [-0.4, -0.2) is 29.5 Å². The number of carbonyl (C=O) groups is 1. The molecule has 1 aromatic rings. The molecule has 0 aliphatic carbocycles. The summed E-state index contributed by atoms with van der Waals surface area (Å²) in [6, 6.07) is 5.29. The molecule has 5 heteroatoms. The molecule has 0 spiro atoms. The topological polar surface area (TPSA) is 46.5 Å². The number of ether oxygens (including phenoxy) is 1. The predicted octanol–water partition coefficient (Wildman–Crippen LogP) is 2.02. The standard InChI is InChI=1S/C13H16F2O3/c1-3-18-12(16)11(15)13(2,17)8-9-4-6-10(14)7-5-9/h4-7,11,17H,3,8H2,1-2H3. The van der Waals surface area contributed by atoms with Crippen molar-refractivity contribution in [2.45, 2.75) is 32.0 Å². The number of hydrogen-bond acceptors (Lipinski definition) is 3. The fourth-order valence-corrected chi connectivity index (χ4v) is 1.57. The summed E-state index contributed by atoms with van der Waals surface area (Å²) in [5.41, 5.74) is -1.35. The van der Waals surface area contributed by atoms with Crippen LogP contribution in [-0.2, 0) is 16.0 Å². The molecule has 0 aromatic heterocycles. The molecule has 0 aliphatic heterocycles. The van der Waals surface area contributed by atoms with Crippen LogP contribution in [0.15, 0.2) is 24.3 Å². The van der Waals surface area contributed by atoms with Gasteiger partial charge >= 0.3 is 5.97 Å². The zero-order chi connectivity index (χ0) is 13.8. The van der Waals surface area contributed by atoms with Crippen molar-refractivity contribution in [3.05, 3.63) is 35.6 Å². The average Bonchev–Trinajstić information content (AvgIpc) is 2.31. The molecule has 2 unspecified atom stereocenters. The molecule has 3 nitrogen and oxygen atoms in total. The van der Waals surface area contributed by atoms with E-state index >= 15 is 0 Å². The highest BCUT2D eigenvalue weighted by Crippen LogP contribution is 2.21. The molecule has 0 radical (unpaired) electrons. The second-order valence-electron chi connectivity index (χ2n) is 4.28. The Morgan fingerprint density at radius 3 is 2.50 bits per heavy atom. The number of rotatable bonds is 5. The molecule has 18 heavy (non-hydrogen) atoms. The van der Waals surface area contributed by atoms with Crippen LogP contribution in [0.25, 0.3) is 0 Å². The molecule has 0 saturated heterocycles. The van der Waals surface area contributed by atoms with Gasteiger partial charge in [-0.3, -0.25) is 0 Å². The van der Waals surface area contributed by atoms with Gasteiger partial charge in [0.25, 0.3) is 0 Å². The molecule has 1 N–H and O–H groups in total. The summed E-state index contributed by atoms with van der Waals surface area (Å²) in [5, 5.41) is 9.93. The van der Waals surface area contributed by atoms with E-state index in [1.807, 2.05) is 0 Å². The molecule has 2 atom stereocenters. The van der Waals surface area contributed by atoms with Crippen molar-refractivity contribution in [2.24, 2.45) is 0 Å². The summed E-state index contributed by atoms with van der Waals surface area (Å²) in [7, 11) is 0. The summed E-state index contributed by atoms with van der Waals surface area (Å²) in [4.78, 5) is 11.2. The smallest absolute Gasteiger partial charge is 0.343 e. The molecule has 0 aliphatic rings. The number of halogens is 2. The summed E-state index contributed by atoms with van der Waals surface area (Å²) in [6.07, 6.45) is -2.24. The van der Waals surface area contributed by atoms with Gasteiger partial charge in [-0.25, -0.2) is 13.6 Å². The van der Waals surface area contributed by atoms with E-state index in [1.165, 1.54) is 31.2 Å². The Bertz CT molecular complexity index is 401. The summed E-state index contributed by atoms with van der Waals surface area (Å²) >= 11 is 0. The van der Waals surface area contributed by atoms with Crippen LogP contribution in [0.1, 0.15) is 19.4 Å². The van der Waals surface area contributed by atoms with Gasteiger partial charge in [0, 0.05) is 6.42 Å². The predicted molar refractivity (Wildman–Crippen MR) is 62.3 cm³/mol. The van der Waals surface area contributed by atoms with Crippen molar-refractivity contribution in [3.8, 4) is 0 Å². The van der Waals surface area contributed by atoms with Crippen molar-refractivity contribution < 1.29 is 23.4 Å². The van der Waals surface area contributed by atoms with Gasteiger partial charge in [0.1, 0.15) is 11.4 Å². The van der Waals surface area contributed by atoms with Gasteiger partial charge < -0.3 is 9.84 Å². The van der Waals surface area contributed by atoms with Gasteiger partial charge in [0.05, 0.1) is 6.61 Å². The average molecular weight is 258 g/mol. The highest BCUT2D eigenvalue weighted by atomic mass is 19.1. The van der Waals surface area contributed by atoms with Crippen LogP contribution in [0.3, 0.4) is 0 Å². The van der Waals surface area contributed by atoms with Crippen molar-refractivity contribution in [1.82, 2.24) is 0 Å². The third-order valence-electron chi connectivity index (χ3n) is 2.51. The van der Waals surface area contributed by atoms with Crippen molar-refractivity contribution >= 4 is 5.97 Å². The van der Waals surface area contributed by atoms with Gasteiger partial charge in [-0.15, -0.1) is 0 Å². The number of hydrogen-bond donors (Lipinski definition) is 1. The zero-order valence-electron chi connectivity index (χ0n) is 10.3. The van der Waals surface area contributed by atoms with Crippen LogP contribution < -0.4 is 0 Å². The lowest BCUT2D eigenvalue weighted by Crippen LogP contribution is -2.44. The molecule has 0 amide bonds. The third-order valence-corrected chi connectivity index (χ3v) is 2.51. The van der Waals surface area contributed by atoms with Gasteiger partial charge in [0.15, 0.2) is 0 Å². The normalized spacial score (nSPS) is 15.8. The first kappa shape index (κ1) is 14.6. The first-order valence-corrected chi connectivity index (χ1v) is 5.64. The second-order valence-corrected chi connectivity index (χ2v) is 4.28. The summed E-state index contributed by atoms with van der Waals surface area (Å²) in [6.45, 7) is 2.81. The van der Waals surface area contributed by atoms with Crippen LogP contribution >= 0.6 is 0 Å². The van der Waals surface area contributed by atoms with E-state index in [4.69, 9.17) is 0 Å². The van der Waals surface area contributed by atoms with E-state index < -0.39 is 23.6 Å². The zero-order valence-corrected chi connectivity index (χ0v) is 10.3. The van der Waals surface area contributed by atoms with E-state index in [1.54, 1.807) is 6.92 Å². The van der Waals surface area contributed by atoms with Gasteiger partial charge in [0.2, 0.25) is 6.17 Å². The van der Waals surface area contributed by atoms with Gasteiger partial charge in [-0.1, -0.05) is 12.1 Å². The Morgan fingerprint density at radius 2 is 2.00 bits per heavy atom. The maximum Gasteiger partial charge on any atom is 0.343 e. The quantitative estimate of drug-likeness (QED) is 0.822. The minimum Gasteiger partial charge on any atom is -0.464 e. The number of carbonyl (C=O) groups excluding carboxylic acids is 1. The fraction of sp³-hybridized carbons (Fsp3) is 0.462. The van der Waals surface area contributed by atoms with Crippen LogP contribution in [0, 0.1) is 5.82 Å². The highest BCUT2D eigenvalue weighted by molar-refractivity contribution is 5.76. The number of benzene rings is 1. The Hall–Kier alpha value is -1.49. The van der Waals surface area contributed by atoms with E-state index in [2.05, 4.69) is 4.74 Å². The first-order valence-electron chi connectivity index (χ1n) is 5.64.